The molecule has 0 fully saturated rings. The predicted molar refractivity (Wildman–Crippen MR) is 78.0 cm³/mol. The number of carbonyl (C=O) groups is 1. The first-order chi connectivity index (χ1) is 8.92. The highest BCUT2D eigenvalue weighted by atomic mass is 16.3. The largest absolute Gasteiger partial charge is 0.396 e. The Morgan fingerprint density at radius 3 is 2.42 bits per heavy atom. The van der Waals surface area contributed by atoms with E-state index in [2.05, 4.69) is 32.9 Å². The van der Waals surface area contributed by atoms with E-state index in [-0.39, 0.29) is 18.4 Å². The van der Waals surface area contributed by atoms with E-state index >= 15 is 0 Å². The van der Waals surface area contributed by atoms with Crippen molar-refractivity contribution in [1.82, 2.24) is 4.90 Å². The Morgan fingerprint density at radius 2 is 1.89 bits per heavy atom. The first kappa shape index (κ1) is 15.7. The molecule has 0 heterocycles. The second-order valence-corrected chi connectivity index (χ2v) is 5.27. The molecule has 0 spiro atoms. The maximum atomic E-state index is 12.1. The van der Waals surface area contributed by atoms with Crippen LogP contribution < -0.4 is 0 Å². The number of benzene rings is 1. The van der Waals surface area contributed by atoms with Gasteiger partial charge in [-0.15, -0.1) is 0 Å². The zero-order valence-electron chi connectivity index (χ0n) is 12.7. The van der Waals surface area contributed by atoms with Gasteiger partial charge in [-0.3, -0.25) is 4.79 Å². The molecule has 1 rings (SSSR count). The van der Waals surface area contributed by atoms with Crippen LogP contribution in [0.3, 0.4) is 0 Å². The van der Waals surface area contributed by atoms with Crippen molar-refractivity contribution in [1.29, 1.82) is 0 Å². The highest BCUT2D eigenvalue weighted by Gasteiger charge is 2.20. The molecule has 1 amide bonds. The molecule has 0 aliphatic heterocycles. The molecule has 0 radical (unpaired) electrons. The topological polar surface area (TPSA) is 40.5 Å². The number of carbonyl (C=O) groups excluding carboxylic acids is 1. The molecule has 3 heteroatoms. The Bertz CT molecular complexity index is 450. The molecule has 0 saturated heterocycles. The van der Waals surface area contributed by atoms with Gasteiger partial charge in [0.1, 0.15) is 0 Å². The fraction of sp³-hybridized carbons (Fsp3) is 0.562. The minimum atomic E-state index is -0.281. The summed E-state index contributed by atoms with van der Waals surface area (Å²) in [5.41, 5.74) is 4.98. The van der Waals surface area contributed by atoms with Crippen LogP contribution in [0.25, 0.3) is 0 Å². The van der Waals surface area contributed by atoms with E-state index in [0.29, 0.717) is 13.0 Å². The number of hydrogen-bond donors (Lipinski definition) is 1. The van der Waals surface area contributed by atoms with Gasteiger partial charge in [0.05, 0.1) is 12.5 Å². The smallest absolute Gasteiger partial charge is 0.228 e. The van der Waals surface area contributed by atoms with Crippen LogP contribution in [-0.4, -0.2) is 29.6 Å². The molecule has 1 aromatic rings. The molecule has 3 nitrogen and oxygen atoms in total. The first-order valence-electron chi connectivity index (χ1n) is 6.83. The second-order valence-electron chi connectivity index (χ2n) is 5.27. The molecule has 1 aromatic carbocycles. The Kier molecular flexibility index (Phi) is 5.55. The maximum absolute atomic E-state index is 12.1. The summed E-state index contributed by atoms with van der Waals surface area (Å²) >= 11 is 0. The van der Waals surface area contributed by atoms with E-state index in [1.165, 1.54) is 22.3 Å². The van der Waals surface area contributed by atoms with Gasteiger partial charge in [0.2, 0.25) is 5.91 Å². The quantitative estimate of drug-likeness (QED) is 0.887. The van der Waals surface area contributed by atoms with Crippen molar-refractivity contribution in [3.05, 3.63) is 34.4 Å². The van der Waals surface area contributed by atoms with Crippen LogP contribution in [0.4, 0.5) is 0 Å². The average Bonchev–Trinajstić information content (AvgIpc) is 2.40. The predicted octanol–water partition coefficient (Wildman–Crippen LogP) is 2.59. The highest BCUT2D eigenvalue weighted by Crippen LogP contribution is 2.19. The van der Waals surface area contributed by atoms with Crippen molar-refractivity contribution in [2.24, 2.45) is 5.92 Å². The third-order valence-electron chi connectivity index (χ3n) is 4.02. The van der Waals surface area contributed by atoms with Gasteiger partial charge in [0.15, 0.2) is 0 Å². The highest BCUT2D eigenvalue weighted by molar-refractivity contribution is 5.78. The molecular weight excluding hydrogens is 238 g/mol. The van der Waals surface area contributed by atoms with Gasteiger partial charge in [0.25, 0.3) is 0 Å². The number of aliphatic hydroxyl groups excluding tert-OH is 1. The van der Waals surface area contributed by atoms with E-state index < -0.39 is 0 Å². The molecular formula is C16H25NO2. The van der Waals surface area contributed by atoms with Crippen molar-refractivity contribution in [2.75, 3.05) is 13.7 Å². The minimum Gasteiger partial charge on any atom is -0.396 e. The Hall–Kier alpha value is -1.35. The Morgan fingerprint density at radius 1 is 1.26 bits per heavy atom. The molecule has 0 aromatic heterocycles. The van der Waals surface area contributed by atoms with E-state index in [4.69, 9.17) is 0 Å². The molecule has 106 valence electrons. The normalized spacial score (nSPS) is 12.3. The summed E-state index contributed by atoms with van der Waals surface area (Å²) in [6, 6.07) is 4.18. The number of nitrogens with zero attached hydrogens (tertiary/aromatic N) is 1. The van der Waals surface area contributed by atoms with Crippen LogP contribution in [0, 0.1) is 26.7 Å². The van der Waals surface area contributed by atoms with Gasteiger partial charge in [0, 0.05) is 13.6 Å². The van der Waals surface area contributed by atoms with Crippen molar-refractivity contribution in [3.63, 3.8) is 0 Å². The lowest BCUT2D eigenvalue weighted by Gasteiger charge is -2.23. The van der Waals surface area contributed by atoms with Gasteiger partial charge < -0.3 is 10.0 Å². The van der Waals surface area contributed by atoms with Crippen LogP contribution in [0.15, 0.2) is 12.1 Å². The zero-order valence-corrected chi connectivity index (χ0v) is 12.7. The van der Waals surface area contributed by atoms with Crippen molar-refractivity contribution in [2.45, 2.75) is 40.7 Å². The summed E-state index contributed by atoms with van der Waals surface area (Å²) in [7, 11) is 1.80. The molecule has 0 bridgehead atoms. The fourth-order valence-corrected chi connectivity index (χ4v) is 2.21. The van der Waals surface area contributed by atoms with Gasteiger partial charge in [-0.2, -0.15) is 0 Å². The fourth-order valence-electron chi connectivity index (χ4n) is 2.21. The van der Waals surface area contributed by atoms with Gasteiger partial charge in [-0.25, -0.2) is 0 Å². The molecule has 0 aliphatic rings. The van der Waals surface area contributed by atoms with E-state index in [0.717, 1.165) is 0 Å². The van der Waals surface area contributed by atoms with Crippen molar-refractivity contribution in [3.8, 4) is 0 Å². The van der Waals surface area contributed by atoms with Crippen LogP contribution in [0.5, 0.6) is 0 Å². The van der Waals surface area contributed by atoms with Crippen LogP contribution in [0.2, 0.25) is 0 Å². The third kappa shape index (κ3) is 3.57. The molecule has 1 unspecified atom stereocenters. The molecule has 19 heavy (non-hydrogen) atoms. The van der Waals surface area contributed by atoms with E-state index in [1.54, 1.807) is 11.9 Å². The molecule has 1 atom stereocenters. The minimum absolute atomic E-state index is 0.0163. The average molecular weight is 263 g/mol. The van der Waals surface area contributed by atoms with Gasteiger partial charge >= 0.3 is 0 Å². The van der Waals surface area contributed by atoms with Crippen LogP contribution in [0.1, 0.15) is 35.6 Å². The first-order valence-corrected chi connectivity index (χ1v) is 6.83. The van der Waals surface area contributed by atoms with Gasteiger partial charge in [-0.05, 0) is 49.4 Å². The van der Waals surface area contributed by atoms with E-state index in [1.807, 2.05) is 6.92 Å². The Labute approximate surface area is 116 Å². The number of rotatable bonds is 5. The zero-order chi connectivity index (χ0) is 14.6. The number of aryl methyl sites for hydroxylation is 1. The van der Waals surface area contributed by atoms with Crippen LogP contribution in [-0.2, 0) is 11.3 Å². The summed E-state index contributed by atoms with van der Waals surface area (Å²) in [6.07, 6.45) is 0.672. The number of aliphatic hydroxyl groups is 1. The summed E-state index contributed by atoms with van der Waals surface area (Å²) < 4.78 is 0. The standard InChI is InChI=1S/C16H25NO2/c1-6-14(10-18)16(19)17(5)9-15-8-7-11(2)12(3)13(15)4/h7-8,14,18H,6,9-10H2,1-5H3. The number of hydrogen-bond acceptors (Lipinski definition) is 2. The summed E-state index contributed by atoms with van der Waals surface area (Å²) in [5.74, 6) is -0.264. The van der Waals surface area contributed by atoms with Gasteiger partial charge in [-0.1, -0.05) is 19.1 Å². The number of amides is 1. The monoisotopic (exact) mass is 263 g/mol. The summed E-state index contributed by atoms with van der Waals surface area (Å²) in [6.45, 7) is 8.75. The lowest BCUT2D eigenvalue weighted by molar-refractivity contribution is -0.136. The van der Waals surface area contributed by atoms with Crippen molar-refractivity contribution < 1.29 is 9.90 Å². The maximum Gasteiger partial charge on any atom is 0.228 e. The lowest BCUT2D eigenvalue weighted by atomic mass is 9.98. The second kappa shape index (κ2) is 6.71. The molecule has 0 aliphatic carbocycles. The molecule has 0 saturated carbocycles. The molecule has 1 N–H and O–H groups in total. The summed E-state index contributed by atoms with van der Waals surface area (Å²) in [5, 5.41) is 9.20. The summed E-state index contributed by atoms with van der Waals surface area (Å²) in [4.78, 5) is 13.8. The third-order valence-corrected chi connectivity index (χ3v) is 4.02. The van der Waals surface area contributed by atoms with Crippen molar-refractivity contribution >= 4 is 5.91 Å². The Balaban J connectivity index is 2.85. The van der Waals surface area contributed by atoms with Crippen LogP contribution >= 0.6 is 0 Å². The SMILES string of the molecule is CCC(CO)C(=O)N(C)Cc1ccc(C)c(C)c1C. The van der Waals surface area contributed by atoms with E-state index in [9.17, 15) is 9.90 Å². The lowest BCUT2D eigenvalue weighted by Crippen LogP contribution is -2.34.